The average Bonchev–Trinajstić information content (AvgIpc) is 2.47. The van der Waals surface area contributed by atoms with Crippen molar-refractivity contribution in [3.8, 4) is 0 Å². The molecule has 0 aliphatic carbocycles. The third kappa shape index (κ3) is 4.47. The number of carbonyl (C=O) groups is 1. The fourth-order valence-electron chi connectivity index (χ4n) is 2.18. The number of anilines is 1. The lowest BCUT2D eigenvalue weighted by Crippen LogP contribution is -2.39. The maximum atomic E-state index is 12.2. The van der Waals surface area contributed by atoms with E-state index in [2.05, 4.69) is 10.6 Å². The van der Waals surface area contributed by atoms with E-state index in [1.54, 1.807) is 24.3 Å². The molecule has 0 aliphatic heterocycles. The Bertz CT molecular complexity index is 661. The molecule has 0 bridgehead atoms. The minimum absolute atomic E-state index is 0.0335. The van der Waals surface area contributed by atoms with E-state index < -0.39 is 0 Å². The Morgan fingerprint density at radius 2 is 1.77 bits per heavy atom. The van der Waals surface area contributed by atoms with Crippen LogP contribution in [0, 0.1) is 0 Å². The molecule has 0 aromatic heterocycles. The van der Waals surface area contributed by atoms with E-state index in [9.17, 15) is 4.79 Å². The number of carbonyl (C=O) groups excluding carboxylic acids is 1. The second-order valence-electron chi connectivity index (χ2n) is 5.13. The Morgan fingerprint density at radius 1 is 1.05 bits per heavy atom. The average molecular weight is 337 g/mol. The van der Waals surface area contributed by atoms with Crippen molar-refractivity contribution in [2.24, 2.45) is 0 Å². The van der Waals surface area contributed by atoms with Crippen molar-refractivity contribution in [2.75, 3.05) is 5.32 Å². The molecule has 0 spiro atoms. The molecule has 2 atom stereocenters. The van der Waals surface area contributed by atoms with Crippen molar-refractivity contribution in [3.05, 3.63) is 64.1 Å². The van der Waals surface area contributed by atoms with Crippen LogP contribution < -0.4 is 10.6 Å². The summed E-state index contributed by atoms with van der Waals surface area (Å²) >= 11 is 12.1. The molecule has 2 N–H and O–H groups in total. The van der Waals surface area contributed by atoms with E-state index in [1.165, 1.54) is 0 Å². The molecule has 0 aliphatic rings. The minimum Gasteiger partial charge on any atom is -0.325 e. The summed E-state index contributed by atoms with van der Waals surface area (Å²) in [5.41, 5.74) is 1.64. The van der Waals surface area contributed by atoms with Crippen molar-refractivity contribution >= 4 is 34.8 Å². The topological polar surface area (TPSA) is 41.1 Å². The molecular weight excluding hydrogens is 319 g/mol. The van der Waals surface area contributed by atoms with Crippen LogP contribution in [0.5, 0.6) is 0 Å². The van der Waals surface area contributed by atoms with Crippen LogP contribution in [-0.4, -0.2) is 11.9 Å². The van der Waals surface area contributed by atoms with Gasteiger partial charge in [-0.25, -0.2) is 0 Å². The molecule has 0 radical (unpaired) electrons. The summed E-state index contributed by atoms with van der Waals surface area (Å²) in [6, 6.07) is 14.3. The molecule has 0 heterocycles. The first kappa shape index (κ1) is 16.8. The summed E-state index contributed by atoms with van der Waals surface area (Å²) in [4.78, 5) is 12.2. The number of halogens is 2. The van der Waals surface area contributed by atoms with Crippen LogP contribution in [0.25, 0.3) is 0 Å². The fourth-order valence-corrected chi connectivity index (χ4v) is 2.67. The highest BCUT2D eigenvalue weighted by Crippen LogP contribution is 2.22. The first-order valence-corrected chi connectivity index (χ1v) is 7.80. The van der Waals surface area contributed by atoms with Crippen molar-refractivity contribution in [3.63, 3.8) is 0 Å². The maximum Gasteiger partial charge on any atom is 0.241 e. The van der Waals surface area contributed by atoms with Gasteiger partial charge in [-0.2, -0.15) is 0 Å². The molecule has 22 heavy (non-hydrogen) atoms. The Balaban J connectivity index is 1.98. The molecule has 2 aromatic rings. The quantitative estimate of drug-likeness (QED) is 0.832. The normalized spacial score (nSPS) is 13.5. The van der Waals surface area contributed by atoms with Crippen LogP contribution in [0.15, 0.2) is 48.5 Å². The zero-order chi connectivity index (χ0) is 16.1. The standard InChI is InChI=1S/C17H18Cl2N2O/c1-11(15-8-3-4-9-16(15)19)20-12(2)17(22)21-14-7-5-6-13(18)10-14/h3-12,20H,1-2H3,(H,21,22)/t11-,12+/m0/s1. The number of amides is 1. The van der Waals surface area contributed by atoms with Crippen LogP contribution in [0.1, 0.15) is 25.5 Å². The zero-order valence-corrected chi connectivity index (χ0v) is 13.9. The molecular formula is C17H18Cl2N2O. The summed E-state index contributed by atoms with van der Waals surface area (Å²) in [6.07, 6.45) is 0. The van der Waals surface area contributed by atoms with Gasteiger partial charge in [0, 0.05) is 21.8 Å². The number of hydrogen-bond donors (Lipinski definition) is 2. The molecule has 116 valence electrons. The van der Waals surface area contributed by atoms with E-state index in [0.717, 1.165) is 5.56 Å². The maximum absolute atomic E-state index is 12.2. The number of benzene rings is 2. The van der Waals surface area contributed by atoms with Gasteiger partial charge in [0.2, 0.25) is 5.91 Å². The Labute approximate surface area is 140 Å². The summed E-state index contributed by atoms with van der Waals surface area (Å²) in [6.45, 7) is 3.79. The molecule has 0 saturated heterocycles. The molecule has 0 saturated carbocycles. The van der Waals surface area contributed by atoms with Crippen molar-refractivity contribution in [1.82, 2.24) is 5.32 Å². The highest BCUT2D eigenvalue weighted by Gasteiger charge is 2.17. The third-order valence-electron chi connectivity index (χ3n) is 3.36. The predicted octanol–water partition coefficient (Wildman–Crippen LogP) is 4.67. The summed E-state index contributed by atoms with van der Waals surface area (Å²) in [7, 11) is 0. The van der Waals surface area contributed by atoms with Crippen LogP contribution in [-0.2, 0) is 4.79 Å². The van der Waals surface area contributed by atoms with E-state index in [-0.39, 0.29) is 18.0 Å². The molecule has 0 unspecified atom stereocenters. The highest BCUT2D eigenvalue weighted by atomic mass is 35.5. The van der Waals surface area contributed by atoms with Crippen LogP contribution in [0.2, 0.25) is 10.0 Å². The van der Waals surface area contributed by atoms with Gasteiger partial charge in [-0.15, -0.1) is 0 Å². The summed E-state index contributed by atoms with van der Waals surface area (Å²) < 4.78 is 0. The lowest BCUT2D eigenvalue weighted by atomic mass is 10.1. The van der Waals surface area contributed by atoms with Gasteiger partial charge in [0.25, 0.3) is 0 Å². The monoisotopic (exact) mass is 336 g/mol. The van der Waals surface area contributed by atoms with Gasteiger partial charge in [-0.05, 0) is 43.7 Å². The predicted molar refractivity (Wildman–Crippen MR) is 92.5 cm³/mol. The number of hydrogen-bond acceptors (Lipinski definition) is 2. The Kier molecular flexibility index (Phi) is 5.83. The number of nitrogens with one attached hydrogen (secondary N) is 2. The largest absolute Gasteiger partial charge is 0.325 e. The SMILES string of the molecule is C[C@H](N[C@H](C)C(=O)Nc1cccc(Cl)c1)c1ccccc1Cl. The first-order chi connectivity index (χ1) is 10.5. The third-order valence-corrected chi connectivity index (χ3v) is 3.94. The molecule has 0 fully saturated rings. The van der Waals surface area contributed by atoms with Crippen molar-refractivity contribution in [2.45, 2.75) is 25.9 Å². The highest BCUT2D eigenvalue weighted by molar-refractivity contribution is 6.31. The van der Waals surface area contributed by atoms with Crippen LogP contribution in [0.4, 0.5) is 5.69 Å². The molecule has 5 heteroatoms. The van der Waals surface area contributed by atoms with E-state index >= 15 is 0 Å². The smallest absolute Gasteiger partial charge is 0.241 e. The van der Waals surface area contributed by atoms with Gasteiger partial charge in [0.05, 0.1) is 6.04 Å². The Morgan fingerprint density at radius 3 is 2.45 bits per heavy atom. The lowest BCUT2D eigenvalue weighted by molar-refractivity contribution is -0.117. The van der Waals surface area contributed by atoms with Crippen molar-refractivity contribution in [1.29, 1.82) is 0 Å². The first-order valence-electron chi connectivity index (χ1n) is 7.04. The van der Waals surface area contributed by atoms with E-state index in [4.69, 9.17) is 23.2 Å². The molecule has 3 nitrogen and oxygen atoms in total. The van der Waals surface area contributed by atoms with Gasteiger partial charge < -0.3 is 5.32 Å². The number of rotatable bonds is 5. The summed E-state index contributed by atoms with van der Waals surface area (Å²) in [5.74, 6) is -0.124. The fraction of sp³-hybridized carbons (Fsp3) is 0.235. The van der Waals surface area contributed by atoms with Gasteiger partial charge in [-0.3, -0.25) is 10.1 Å². The second kappa shape index (κ2) is 7.63. The molecule has 1 amide bonds. The Hall–Kier alpha value is -1.55. The van der Waals surface area contributed by atoms with Gasteiger partial charge in [0.1, 0.15) is 0 Å². The van der Waals surface area contributed by atoms with Gasteiger partial charge >= 0.3 is 0 Å². The van der Waals surface area contributed by atoms with E-state index in [0.29, 0.717) is 15.7 Å². The van der Waals surface area contributed by atoms with Gasteiger partial charge in [-0.1, -0.05) is 47.5 Å². The van der Waals surface area contributed by atoms with Gasteiger partial charge in [0.15, 0.2) is 0 Å². The minimum atomic E-state index is -0.370. The second-order valence-corrected chi connectivity index (χ2v) is 5.97. The van der Waals surface area contributed by atoms with Crippen molar-refractivity contribution < 1.29 is 4.79 Å². The van der Waals surface area contributed by atoms with Crippen LogP contribution >= 0.6 is 23.2 Å². The summed E-state index contributed by atoms with van der Waals surface area (Å²) in [5, 5.41) is 7.35. The zero-order valence-electron chi connectivity index (χ0n) is 12.4. The van der Waals surface area contributed by atoms with Crippen LogP contribution in [0.3, 0.4) is 0 Å². The lowest BCUT2D eigenvalue weighted by Gasteiger charge is -2.21. The molecule has 2 aromatic carbocycles. The molecule has 2 rings (SSSR count). The van der Waals surface area contributed by atoms with E-state index in [1.807, 2.05) is 38.1 Å².